The monoisotopic (exact) mass is 224 g/mol. The third-order valence-corrected chi connectivity index (χ3v) is 3.48. The van der Waals surface area contributed by atoms with Crippen LogP contribution in [-0.4, -0.2) is 23.8 Å². The first-order valence-corrected chi connectivity index (χ1v) is 6.54. The Bertz CT molecular complexity index is 224. The molecule has 0 aromatic carbocycles. The predicted octanol–water partition coefficient (Wildman–Crippen LogP) is 2.21. The topological polar surface area (TPSA) is 56.0 Å². The molecular weight excluding hydrogens is 200 g/mol. The lowest BCUT2D eigenvalue weighted by atomic mass is 9.95. The quantitative estimate of drug-likeness (QED) is 0.704. The molecule has 1 aliphatic rings. The molecule has 0 bridgehead atoms. The first-order valence-electron chi connectivity index (χ1n) is 6.54. The van der Waals surface area contributed by atoms with Crippen molar-refractivity contribution in [1.82, 2.24) is 5.32 Å². The molecule has 1 saturated carbocycles. The highest BCUT2D eigenvalue weighted by molar-refractivity contribution is 4.94. The summed E-state index contributed by atoms with van der Waals surface area (Å²) in [6, 6.07) is 3.21. The van der Waals surface area contributed by atoms with Gasteiger partial charge >= 0.3 is 0 Å². The summed E-state index contributed by atoms with van der Waals surface area (Å²) >= 11 is 0. The predicted molar refractivity (Wildman–Crippen MR) is 64.9 cm³/mol. The lowest BCUT2D eigenvalue weighted by molar-refractivity contribution is 0.268. The molecule has 0 radical (unpaired) electrons. The van der Waals surface area contributed by atoms with Crippen LogP contribution in [0.2, 0.25) is 0 Å². The highest BCUT2D eigenvalue weighted by Gasteiger charge is 2.24. The summed E-state index contributed by atoms with van der Waals surface area (Å²) in [7, 11) is 0. The van der Waals surface area contributed by atoms with Gasteiger partial charge in [-0.05, 0) is 32.6 Å². The van der Waals surface area contributed by atoms with Gasteiger partial charge in [0, 0.05) is 18.7 Å². The molecular formula is C13H24N2O. The smallest absolute Gasteiger partial charge is 0.0672 e. The molecule has 2 N–H and O–H groups in total. The molecule has 16 heavy (non-hydrogen) atoms. The van der Waals surface area contributed by atoms with Crippen LogP contribution < -0.4 is 5.32 Å². The van der Waals surface area contributed by atoms with Crippen molar-refractivity contribution in [2.24, 2.45) is 5.92 Å². The molecule has 3 unspecified atom stereocenters. The summed E-state index contributed by atoms with van der Waals surface area (Å²) in [5.41, 5.74) is 0. The van der Waals surface area contributed by atoms with Crippen molar-refractivity contribution >= 4 is 0 Å². The lowest BCUT2D eigenvalue weighted by Gasteiger charge is -2.25. The molecule has 1 rings (SSSR count). The fraction of sp³-hybridized carbons (Fsp3) is 0.923. The van der Waals surface area contributed by atoms with Crippen LogP contribution in [0, 0.1) is 17.2 Å². The maximum absolute atomic E-state index is 9.15. The van der Waals surface area contributed by atoms with Gasteiger partial charge in [0.25, 0.3) is 0 Å². The van der Waals surface area contributed by atoms with Crippen molar-refractivity contribution < 1.29 is 5.11 Å². The maximum Gasteiger partial charge on any atom is 0.0672 e. The van der Waals surface area contributed by atoms with Gasteiger partial charge in [0.15, 0.2) is 0 Å². The number of hydrogen-bond donors (Lipinski definition) is 2. The molecule has 0 amide bonds. The van der Waals surface area contributed by atoms with Crippen LogP contribution in [0.5, 0.6) is 0 Å². The molecule has 1 fully saturated rings. The average Bonchev–Trinajstić information content (AvgIpc) is 2.51. The number of aliphatic hydroxyl groups is 1. The van der Waals surface area contributed by atoms with Gasteiger partial charge in [-0.25, -0.2) is 0 Å². The molecule has 3 nitrogen and oxygen atoms in total. The van der Waals surface area contributed by atoms with E-state index >= 15 is 0 Å². The molecule has 0 aromatic heterocycles. The Kier molecular flexibility index (Phi) is 6.44. The van der Waals surface area contributed by atoms with E-state index in [0.29, 0.717) is 12.1 Å². The molecule has 0 heterocycles. The van der Waals surface area contributed by atoms with E-state index in [9.17, 15) is 0 Å². The summed E-state index contributed by atoms with van der Waals surface area (Å²) in [5, 5.41) is 21.5. The SMILES string of the molecule is CC(CCCO)NC1CCCCCC1C#N. The zero-order valence-electron chi connectivity index (χ0n) is 10.3. The minimum absolute atomic E-state index is 0.180. The van der Waals surface area contributed by atoms with Gasteiger partial charge in [-0.2, -0.15) is 5.26 Å². The van der Waals surface area contributed by atoms with Gasteiger partial charge in [-0.3, -0.25) is 0 Å². The van der Waals surface area contributed by atoms with Crippen molar-refractivity contribution in [2.75, 3.05) is 6.61 Å². The number of nitrogens with one attached hydrogen (secondary N) is 1. The van der Waals surface area contributed by atoms with Crippen LogP contribution in [-0.2, 0) is 0 Å². The van der Waals surface area contributed by atoms with Crippen LogP contribution in [0.4, 0.5) is 0 Å². The first-order chi connectivity index (χ1) is 7.77. The zero-order chi connectivity index (χ0) is 11.8. The van der Waals surface area contributed by atoms with Crippen LogP contribution in [0.25, 0.3) is 0 Å². The average molecular weight is 224 g/mol. The summed E-state index contributed by atoms with van der Waals surface area (Å²) in [6.45, 7) is 2.41. The highest BCUT2D eigenvalue weighted by Crippen LogP contribution is 2.23. The van der Waals surface area contributed by atoms with Gasteiger partial charge < -0.3 is 10.4 Å². The fourth-order valence-corrected chi connectivity index (χ4v) is 2.51. The Morgan fingerprint density at radius 2 is 2.12 bits per heavy atom. The summed E-state index contributed by atoms with van der Waals surface area (Å²) in [6.07, 6.45) is 7.71. The third kappa shape index (κ3) is 4.51. The van der Waals surface area contributed by atoms with E-state index in [2.05, 4.69) is 18.3 Å². The number of aliphatic hydroxyl groups excluding tert-OH is 1. The Morgan fingerprint density at radius 3 is 2.81 bits per heavy atom. The number of hydrogen-bond acceptors (Lipinski definition) is 3. The minimum atomic E-state index is 0.180. The Labute approximate surface area is 98.8 Å². The van der Waals surface area contributed by atoms with Crippen molar-refractivity contribution in [3.8, 4) is 6.07 Å². The Morgan fingerprint density at radius 1 is 1.38 bits per heavy atom. The van der Waals surface area contributed by atoms with E-state index < -0.39 is 0 Å². The van der Waals surface area contributed by atoms with E-state index in [-0.39, 0.29) is 12.5 Å². The van der Waals surface area contributed by atoms with Crippen LogP contribution in [0.1, 0.15) is 51.9 Å². The van der Waals surface area contributed by atoms with Gasteiger partial charge in [-0.1, -0.05) is 19.3 Å². The second-order valence-electron chi connectivity index (χ2n) is 4.91. The van der Waals surface area contributed by atoms with E-state index in [1.807, 2.05) is 0 Å². The molecule has 0 saturated heterocycles. The van der Waals surface area contributed by atoms with Gasteiger partial charge in [0.05, 0.1) is 12.0 Å². The maximum atomic E-state index is 9.15. The molecule has 1 aliphatic carbocycles. The number of nitriles is 1. The van der Waals surface area contributed by atoms with Crippen molar-refractivity contribution in [3.63, 3.8) is 0 Å². The molecule has 3 atom stereocenters. The van der Waals surface area contributed by atoms with E-state index in [1.165, 1.54) is 19.3 Å². The Hall–Kier alpha value is -0.590. The van der Waals surface area contributed by atoms with E-state index in [4.69, 9.17) is 10.4 Å². The molecule has 0 aromatic rings. The van der Waals surface area contributed by atoms with Crippen LogP contribution >= 0.6 is 0 Å². The molecule has 3 heteroatoms. The normalized spacial score (nSPS) is 28.1. The first kappa shape index (κ1) is 13.5. The molecule has 0 spiro atoms. The fourth-order valence-electron chi connectivity index (χ4n) is 2.51. The summed E-state index contributed by atoms with van der Waals surface area (Å²) in [4.78, 5) is 0. The largest absolute Gasteiger partial charge is 0.396 e. The second-order valence-corrected chi connectivity index (χ2v) is 4.91. The third-order valence-electron chi connectivity index (χ3n) is 3.48. The lowest BCUT2D eigenvalue weighted by Crippen LogP contribution is -2.40. The van der Waals surface area contributed by atoms with E-state index in [0.717, 1.165) is 25.7 Å². The van der Waals surface area contributed by atoms with Crippen molar-refractivity contribution in [2.45, 2.75) is 64.0 Å². The Balaban J connectivity index is 2.39. The van der Waals surface area contributed by atoms with Gasteiger partial charge in [-0.15, -0.1) is 0 Å². The molecule has 92 valence electrons. The van der Waals surface area contributed by atoms with Crippen LogP contribution in [0.15, 0.2) is 0 Å². The van der Waals surface area contributed by atoms with Crippen molar-refractivity contribution in [1.29, 1.82) is 5.26 Å². The standard InChI is InChI=1S/C13H24N2O/c1-11(6-5-9-16)15-13-8-4-2-3-7-12(13)10-14/h11-13,15-16H,2-9H2,1H3. The summed E-state index contributed by atoms with van der Waals surface area (Å²) < 4.78 is 0. The summed E-state index contributed by atoms with van der Waals surface area (Å²) in [5.74, 6) is 0.180. The minimum Gasteiger partial charge on any atom is -0.396 e. The number of rotatable bonds is 5. The van der Waals surface area contributed by atoms with E-state index in [1.54, 1.807) is 0 Å². The highest BCUT2D eigenvalue weighted by atomic mass is 16.2. The zero-order valence-corrected chi connectivity index (χ0v) is 10.3. The van der Waals surface area contributed by atoms with Crippen LogP contribution in [0.3, 0.4) is 0 Å². The van der Waals surface area contributed by atoms with Crippen molar-refractivity contribution in [3.05, 3.63) is 0 Å². The van der Waals surface area contributed by atoms with Gasteiger partial charge in [0.1, 0.15) is 0 Å². The van der Waals surface area contributed by atoms with Gasteiger partial charge in [0.2, 0.25) is 0 Å². The molecule has 0 aliphatic heterocycles. The second kappa shape index (κ2) is 7.65. The number of nitrogens with zero attached hydrogens (tertiary/aromatic N) is 1.